The Morgan fingerprint density at radius 2 is 2.29 bits per heavy atom. The molecule has 1 atom stereocenters. The van der Waals surface area contributed by atoms with E-state index in [0.717, 1.165) is 30.6 Å². The molecule has 1 aromatic rings. The third-order valence-corrected chi connectivity index (χ3v) is 2.97. The van der Waals surface area contributed by atoms with Crippen molar-refractivity contribution in [2.24, 2.45) is 5.84 Å². The zero-order valence-corrected chi connectivity index (χ0v) is 9.87. The number of nitrogens with one attached hydrogen (secondary N) is 1. The number of rotatable bonds is 3. The van der Waals surface area contributed by atoms with Gasteiger partial charge in [0, 0.05) is 5.56 Å². The molecule has 0 fully saturated rings. The fraction of sp³-hybridized carbons (Fsp3) is 0.385. The fourth-order valence-electron chi connectivity index (χ4n) is 2.06. The molecular weight excluding hydrogens is 219 g/mol. The van der Waals surface area contributed by atoms with Crippen LogP contribution < -0.4 is 11.3 Å². The third kappa shape index (κ3) is 2.65. The molecule has 0 spiro atoms. The lowest BCUT2D eigenvalue weighted by Gasteiger charge is -2.23. The topological polar surface area (TPSA) is 47.3 Å². The largest absolute Gasteiger partial charge is 0.501 e. The summed E-state index contributed by atoms with van der Waals surface area (Å²) >= 11 is 0. The van der Waals surface area contributed by atoms with Gasteiger partial charge in [-0.15, -0.1) is 0 Å². The van der Waals surface area contributed by atoms with Crippen molar-refractivity contribution in [3.05, 3.63) is 47.0 Å². The van der Waals surface area contributed by atoms with Crippen molar-refractivity contribution in [3.8, 4) is 0 Å². The first-order chi connectivity index (χ1) is 8.22. The van der Waals surface area contributed by atoms with E-state index in [1.54, 1.807) is 12.3 Å². The number of hydrogen-bond acceptors (Lipinski definition) is 3. The van der Waals surface area contributed by atoms with Crippen LogP contribution in [-0.2, 0) is 4.74 Å². The molecule has 0 amide bonds. The lowest BCUT2D eigenvalue weighted by atomic mass is 9.95. The molecule has 2 rings (SSSR count). The average Bonchev–Trinajstić information content (AvgIpc) is 2.34. The van der Waals surface area contributed by atoms with Crippen molar-refractivity contribution in [2.75, 3.05) is 6.61 Å². The first kappa shape index (κ1) is 12.1. The van der Waals surface area contributed by atoms with Gasteiger partial charge in [0.1, 0.15) is 5.82 Å². The highest BCUT2D eigenvalue weighted by atomic mass is 19.1. The molecular formula is C13H17FN2O. The van der Waals surface area contributed by atoms with Gasteiger partial charge in [0.25, 0.3) is 0 Å². The van der Waals surface area contributed by atoms with Crippen molar-refractivity contribution in [1.29, 1.82) is 0 Å². The lowest BCUT2D eigenvalue weighted by molar-refractivity contribution is 0.219. The van der Waals surface area contributed by atoms with Gasteiger partial charge in [-0.25, -0.2) is 9.82 Å². The van der Waals surface area contributed by atoms with E-state index in [1.165, 1.54) is 6.07 Å². The second-order valence-electron chi connectivity index (χ2n) is 4.29. The number of aryl methyl sites for hydroxylation is 1. The minimum absolute atomic E-state index is 0.237. The van der Waals surface area contributed by atoms with E-state index in [-0.39, 0.29) is 11.9 Å². The predicted molar refractivity (Wildman–Crippen MR) is 64.5 cm³/mol. The summed E-state index contributed by atoms with van der Waals surface area (Å²) in [4.78, 5) is 0. The highest BCUT2D eigenvalue weighted by Gasteiger charge is 2.20. The van der Waals surface area contributed by atoms with E-state index in [2.05, 4.69) is 5.43 Å². The maximum atomic E-state index is 13.9. The molecule has 0 bridgehead atoms. The number of nitrogens with two attached hydrogens (primary N) is 1. The van der Waals surface area contributed by atoms with Crippen molar-refractivity contribution in [1.82, 2.24) is 5.43 Å². The van der Waals surface area contributed by atoms with E-state index >= 15 is 0 Å². The third-order valence-electron chi connectivity index (χ3n) is 2.97. The Kier molecular flexibility index (Phi) is 3.76. The normalized spacial score (nSPS) is 17.2. The molecule has 1 aliphatic rings. The molecule has 0 aliphatic carbocycles. The Morgan fingerprint density at radius 3 is 2.88 bits per heavy atom. The summed E-state index contributed by atoms with van der Waals surface area (Å²) in [7, 11) is 0. The molecule has 1 aromatic carbocycles. The summed E-state index contributed by atoms with van der Waals surface area (Å²) in [6.07, 6.45) is 3.51. The van der Waals surface area contributed by atoms with Crippen LogP contribution in [0.1, 0.15) is 30.0 Å². The molecule has 1 aliphatic heterocycles. The molecule has 1 unspecified atom stereocenters. The maximum absolute atomic E-state index is 13.9. The van der Waals surface area contributed by atoms with Gasteiger partial charge < -0.3 is 4.74 Å². The molecule has 92 valence electrons. The van der Waals surface area contributed by atoms with Crippen LogP contribution >= 0.6 is 0 Å². The van der Waals surface area contributed by atoms with Gasteiger partial charge >= 0.3 is 0 Å². The number of halogens is 1. The van der Waals surface area contributed by atoms with E-state index in [4.69, 9.17) is 10.6 Å². The Balaban J connectivity index is 2.31. The van der Waals surface area contributed by atoms with E-state index in [0.29, 0.717) is 5.56 Å². The number of benzene rings is 1. The van der Waals surface area contributed by atoms with Crippen LogP contribution in [0.15, 0.2) is 30.0 Å². The molecule has 4 heteroatoms. The van der Waals surface area contributed by atoms with Gasteiger partial charge in [-0.2, -0.15) is 0 Å². The summed E-state index contributed by atoms with van der Waals surface area (Å²) in [6, 6.07) is 4.86. The number of hydrazine groups is 1. The molecule has 3 nitrogen and oxygen atoms in total. The standard InChI is InChI=1S/C13H17FN2O/c1-9-4-5-11(12(14)7-9)13(16-15)10-3-2-6-17-8-10/h4-5,7-8,13,16H,2-3,6,15H2,1H3. The van der Waals surface area contributed by atoms with Gasteiger partial charge in [-0.3, -0.25) is 5.84 Å². The Hall–Kier alpha value is -1.39. The van der Waals surface area contributed by atoms with Gasteiger partial charge in [0.15, 0.2) is 0 Å². The smallest absolute Gasteiger partial charge is 0.128 e. The molecule has 0 saturated heterocycles. The van der Waals surface area contributed by atoms with E-state index < -0.39 is 0 Å². The van der Waals surface area contributed by atoms with E-state index in [9.17, 15) is 4.39 Å². The average molecular weight is 236 g/mol. The zero-order chi connectivity index (χ0) is 12.3. The van der Waals surface area contributed by atoms with Gasteiger partial charge in [0.05, 0.1) is 18.9 Å². The Morgan fingerprint density at radius 1 is 1.47 bits per heavy atom. The van der Waals surface area contributed by atoms with Gasteiger partial charge in [-0.05, 0) is 37.0 Å². The van der Waals surface area contributed by atoms with Crippen LogP contribution in [0.25, 0.3) is 0 Å². The Bertz CT molecular complexity index is 431. The van der Waals surface area contributed by atoms with Crippen molar-refractivity contribution in [2.45, 2.75) is 25.8 Å². The molecule has 3 N–H and O–H groups in total. The Labute approximate surface area is 100 Å². The lowest BCUT2D eigenvalue weighted by Crippen LogP contribution is -2.31. The van der Waals surface area contributed by atoms with Crippen LogP contribution in [0.2, 0.25) is 0 Å². The van der Waals surface area contributed by atoms with Crippen molar-refractivity contribution >= 4 is 0 Å². The van der Waals surface area contributed by atoms with Crippen LogP contribution in [0.4, 0.5) is 4.39 Å². The highest BCUT2D eigenvalue weighted by molar-refractivity contribution is 5.31. The number of hydrogen-bond donors (Lipinski definition) is 2. The summed E-state index contributed by atoms with van der Waals surface area (Å²) in [5.41, 5.74) is 5.11. The van der Waals surface area contributed by atoms with Crippen molar-refractivity contribution < 1.29 is 9.13 Å². The SMILES string of the molecule is Cc1ccc(C(NN)C2=COCCC2)c(F)c1. The molecule has 1 heterocycles. The van der Waals surface area contributed by atoms with E-state index in [1.807, 2.05) is 13.0 Å². The maximum Gasteiger partial charge on any atom is 0.128 e. The zero-order valence-electron chi connectivity index (χ0n) is 9.87. The fourth-order valence-corrected chi connectivity index (χ4v) is 2.06. The van der Waals surface area contributed by atoms with Crippen molar-refractivity contribution in [3.63, 3.8) is 0 Å². The van der Waals surface area contributed by atoms with Crippen LogP contribution in [0, 0.1) is 12.7 Å². The first-order valence-corrected chi connectivity index (χ1v) is 5.75. The molecule has 0 saturated carbocycles. The quantitative estimate of drug-likeness (QED) is 0.625. The molecule has 17 heavy (non-hydrogen) atoms. The predicted octanol–water partition coefficient (Wildman–Crippen LogP) is 2.33. The molecule has 0 aromatic heterocycles. The monoisotopic (exact) mass is 236 g/mol. The van der Waals surface area contributed by atoms with Crippen LogP contribution in [0.5, 0.6) is 0 Å². The minimum atomic E-state index is -0.309. The van der Waals surface area contributed by atoms with Crippen LogP contribution in [-0.4, -0.2) is 6.61 Å². The summed E-state index contributed by atoms with van der Waals surface area (Å²) < 4.78 is 19.1. The van der Waals surface area contributed by atoms with Gasteiger partial charge in [-0.1, -0.05) is 12.1 Å². The number of ether oxygens (including phenoxy) is 1. The second-order valence-corrected chi connectivity index (χ2v) is 4.29. The van der Waals surface area contributed by atoms with Gasteiger partial charge in [0.2, 0.25) is 0 Å². The summed E-state index contributed by atoms with van der Waals surface area (Å²) in [5, 5.41) is 0. The summed E-state index contributed by atoms with van der Waals surface area (Å²) in [5.74, 6) is 5.29. The minimum Gasteiger partial charge on any atom is -0.501 e. The van der Waals surface area contributed by atoms with Crippen LogP contribution in [0.3, 0.4) is 0 Å². The molecule has 0 radical (unpaired) electrons. The highest BCUT2D eigenvalue weighted by Crippen LogP contribution is 2.28. The first-order valence-electron chi connectivity index (χ1n) is 5.75. The summed E-state index contributed by atoms with van der Waals surface area (Å²) in [6.45, 7) is 2.58. The second kappa shape index (κ2) is 5.29.